The summed E-state index contributed by atoms with van der Waals surface area (Å²) in [5.74, 6) is -0.284. The molecule has 158 valence electrons. The summed E-state index contributed by atoms with van der Waals surface area (Å²) in [5, 5.41) is 11.6. The molecule has 2 aromatic heterocycles. The minimum atomic E-state index is -0.869. The molecular weight excluding hydrogens is 408 g/mol. The summed E-state index contributed by atoms with van der Waals surface area (Å²) in [6.07, 6.45) is 1.33. The van der Waals surface area contributed by atoms with Crippen LogP contribution in [-0.4, -0.2) is 20.6 Å². The van der Waals surface area contributed by atoms with Crippen LogP contribution in [0.4, 0.5) is 0 Å². The lowest BCUT2D eigenvalue weighted by Gasteiger charge is -2.13. The Morgan fingerprint density at radius 1 is 1.13 bits per heavy atom. The molecule has 0 saturated heterocycles. The number of carbonyl (C=O) groups is 1. The number of carboxylic acid groups (broad SMARTS) is 1. The summed E-state index contributed by atoms with van der Waals surface area (Å²) in [6, 6.07) is 16.1. The maximum absolute atomic E-state index is 13.6. The van der Waals surface area contributed by atoms with Gasteiger partial charge in [0.2, 0.25) is 0 Å². The molecule has 0 radical (unpaired) electrons. The van der Waals surface area contributed by atoms with E-state index in [4.69, 9.17) is 10.1 Å². The van der Waals surface area contributed by atoms with Crippen molar-refractivity contribution in [2.75, 3.05) is 0 Å². The van der Waals surface area contributed by atoms with E-state index in [1.165, 1.54) is 16.9 Å². The zero-order valence-corrected chi connectivity index (χ0v) is 18.4. The minimum Gasteiger partial charge on any atom is -0.481 e. The number of nitrogens with zero attached hydrogens (tertiary/aromatic N) is 2. The molecule has 4 aromatic rings. The highest BCUT2D eigenvalue weighted by atomic mass is 32.1. The van der Waals surface area contributed by atoms with Gasteiger partial charge in [0.1, 0.15) is 10.7 Å². The quantitative estimate of drug-likeness (QED) is 0.417. The predicted octanol–water partition coefficient (Wildman–Crippen LogP) is 5.53. The van der Waals surface area contributed by atoms with Gasteiger partial charge in [-0.3, -0.25) is 14.2 Å². The maximum Gasteiger partial charge on any atom is 0.303 e. The average Bonchev–Trinajstić information content (AvgIpc) is 3.19. The van der Waals surface area contributed by atoms with E-state index in [1.54, 1.807) is 4.57 Å². The van der Waals surface area contributed by atoms with Crippen molar-refractivity contribution in [2.45, 2.75) is 39.7 Å². The van der Waals surface area contributed by atoms with Crippen molar-refractivity contribution >= 4 is 27.5 Å². The molecule has 2 aromatic carbocycles. The van der Waals surface area contributed by atoms with Gasteiger partial charge in [0.05, 0.1) is 5.39 Å². The van der Waals surface area contributed by atoms with Crippen LogP contribution in [-0.2, 0) is 17.8 Å². The van der Waals surface area contributed by atoms with Gasteiger partial charge in [0.25, 0.3) is 5.56 Å². The van der Waals surface area contributed by atoms with Crippen molar-refractivity contribution in [3.8, 4) is 22.5 Å². The fraction of sp³-hybridized carbons (Fsp3) is 0.240. The Labute approximate surface area is 184 Å². The van der Waals surface area contributed by atoms with Gasteiger partial charge in [0.15, 0.2) is 0 Å². The van der Waals surface area contributed by atoms with E-state index in [0.717, 1.165) is 28.7 Å². The number of hydrogen-bond acceptors (Lipinski definition) is 4. The molecule has 0 unspecified atom stereocenters. The number of rotatable bonds is 7. The number of aliphatic carboxylic acids is 1. The average molecular weight is 433 g/mol. The zero-order valence-electron chi connectivity index (χ0n) is 17.6. The molecular formula is C25H24N2O3S. The number of aromatic nitrogens is 2. The van der Waals surface area contributed by atoms with Gasteiger partial charge in [-0.25, -0.2) is 4.98 Å². The van der Waals surface area contributed by atoms with Crippen molar-refractivity contribution in [3.05, 3.63) is 75.4 Å². The Morgan fingerprint density at radius 2 is 1.90 bits per heavy atom. The molecule has 0 bridgehead atoms. The van der Waals surface area contributed by atoms with E-state index < -0.39 is 5.97 Å². The first-order valence-corrected chi connectivity index (χ1v) is 11.3. The number of carboxylic acids is 1. The van der Waals surface area contributed by atoms with E-state index in [-0.39, 0.29) is 12.0 Å². The highest BCUT2D eigenvalue weighted by Gasteiger charge is 2.18. The van der Waals surface area contributed by atoms with Crippen LogP contribution in [0.25, 0.3) is 32.7 Å². The lowest BCUT2D eigenvalue weighted by molar-refractivity contribution is -0.137. The first-order valence-electron chi connectivity index (χ1n) is 10.4. The molecule has 2 heterocycles. The van der Waals surface area contributed by atoms with Gasteiger partial charge in [0, 0.05) is 29.5 Å². The van der Waals surface area contributed by atoms with Crippen LogP contribution in [0.1, 0.15) is 30.9 Å². The third kappa shape index (κ3) is 4.30. The topological polar surface area (TPSA) is 72.2 Å². The fourth-order valence-electron chi connectivity index (χ4n) is 3.76. The summed E-state index contributed by atoms with van der Waals surface area (Å²) in [5.41, 5.74) is 4.92. The van der Waals surface area contributed by atoms with Gasteiger partial charge < -0.3 is 5.11 Å². The van der Waals surface area contributed by atoms with E-state index in [0.29, 0.717) is 29.0 Å². The van der Waals surface area contributed by atoms with Crippen molar-refractivity contribution < 1.29 is 9.90 Å². The second-order valence-corrected chi connectivity index (χ2v) is 8.50. The lowest BCUT2D eigenvalue weighted by atomic mass is 10.0. The van der Waals surface area contributed by atoms with Gasteiger partial charge in [-0.15, -0.1) is 11.3 Å². The van der Waals surface area contributed by atoms with Gasteiger partial charge in [-0.2, -0.15) is 0 Å². The fourth-order valence-corrected chi connectivity index (χ4v) is 4.69. The summed E-state index contributed by atoms with van der Waals surface area (Å²) in [4.78, 5) is 30.2. The highest BCUT2D eigenvalue weighted by molar-refractivity contribution is 7.17. The molecule has 0 atom stereocenters. The van der Waals surface area contributed by atoms with Crippen LogP contribution in [0, 0.1) is 6.92 Å². The molecule has 0 saturated carbocycles. The molecule has 5 nitrogen and oxygen atoms in total. The minimum absolute atomic E-state index is 0.00666. The van der Waals surface area contributed by atoms with Gasteiger partial charge >= 0.3 is 5.97 Å². The molecule has 0 aliphatic heterocycles. The first kappa shape index (κ1) is 21.0. The third-order valence-electron chi connectivity index (χ3n) is 5.42. The largest absolute Gasteiger partial charge is 0.481 e. The van der Waals surface area contributed by atoms with Crippen LogP contribution in [0.15, 0.2) is 58.7 Å². The van der Waals surface area contributed by atoms with Crippen molar-refractivity contribution in [1.29, 1.82) is 0 Å². The Kier molecular flexibility index (Phi) is 6.00. The smallest absolute Gasteiger partial charge is 0.303 e. The second-order valence-electron chi connectivity index (χ2n) is 7.64. The SMILES string of the molecule is CCc1ccc(-c2csc3nc(-c4cccc(C)c4)n(CCCC(=O)O)c(=O)c23)cc1. The molecule has 0 amide bonds. The molecule has 0 aliphatic carbocycles. The summed E-state index contributed by atoms with van der Waals surface area (Å²) >= 11 is 1.46. The molecule has 6 heteroatoms. The molecule has 1 N–H and O–H groups in total. The number of thiophene rings is 1. The molecule has 0 aliphatic rings. The third-order valence-corrected chi connectivity index (χ3v) is 6.29. The number of aryl methyl sites for hydroxylation is 2. The van der Waals surface area contributed by atoms with Crippen LogP contribution >= 0.6 is 11.3 Å². The van der Waals surface area contributed by atoms with Crippen LogP contribution in [0.3, 0.4) is 0 Å². The number of fused-ring (bicyclic) bond motifs is 1. The highest BCUT2D eigenvalue weighted by Crippen LogP contribution is 2.32. The Morgan fingerprint density at radius 3 is 2.58 bits per heavy atom. The zero-order chi connectivity index (χ0) is 22.0. The van der Waals surface area contributed by atoms with Crippen LogP contribution in [0.2, 0.25) is 0 Å². The Hall–Kier alpha value is -3.25. The Bertz CT molecular complexity index is 1300. The Balaban J connectivity index is 1.89. The normalized spacial score (nSPS) is 11.2. The first-order chi connectivity index (χ1) is 15.0. The second kappa shape index (κ2) is 8.86. The molecule has 0 spiro atoms. The van der Waals surface area contributed by atoms with E-state index in [2.05, 4.69) is 19.1 Å². The van der Waals surface area contributed by atoms with E-state index in [1.807, 2.05) is 48.7 Å². The molecule has 31 heavy (non-hydrogen) atoms. The monoisotopic (exact) mass is 432 g/mol. The van der Waals surface area contributed by atoms with Gasteiger partial charge in [-0.05, 0) is 37.0 Å². The van der Waals surface area contributed by atoms with E-state index in [9.17, 15) is 9.59 Å². The van der Waals surface area contributed by atoms with Crippen molar-refractivity contribution in [1.82, 2.24) is 9.55 Å². The van der Waals surface area contributed by atoms with Crippen molar-refractivity contribution in [2.24, 2.45) is 0 Å². The van der Waals surface area contributed by atoms with Gasteiger partial charge in [-0.1, -0.05) is 55.0 Å². The molecule has 4 rings (SSSR count). The lowest BCUT2D eigenvalue weighted by Crippen LogP contribution is -2.24. The number of benzene rings is 2. The number of hydrogen-bond donors (Lipinski definition) is 1. The standard InChI is InChI=1S/C25H24N2O3S/c1-3-17-9-11-18(12-10-17)20-15-31-24-22(20)25(30)27(13-5-8-21(28)29)23(26-24)19-7-4-6-16(2)14-19/h4,6-7,9-12,14-15H,3,5,8,13H2,1-2H3,(H,28,29). The summed E-state index contributed by atoms with van der Waals surface area (Å²) in [6.45, 7) is 4.42. The van der Waals surface area contributed by atoms with Crippen molar-refractivity contribution in [3.63, 3.8) is 0 Å². The molecule has 0 fully saturated rings. The van der Waals surface area contributed by atoms with Crippen LogP contribution in [0.5, 0.6) is 0 Å². The summed E-state index contributed by atoms with van der Waals surface area (Å²) < 4.78 is 1.64. The van der Waals surface area contributed by atoms with E-state index >= 15 is 0 Å². The predicted molar refractivity (Wildman–Crippen MR) is 126 cm³/mol. The maximum atomic E-state index is 13.6. The van der Waals surface area contributed by atoms with Crippen LogP contribution < -0.4 is 5.56 Å². The summed E-state index contributed by atoms with van der Waals surface area (Å²) in [7, 11) is 0.